The van der Waals surface area contributed by atoms with Crippen LogP contribution in [0.4, 0.5) is 0 Å². The van der Waals surface area contributed by atoms with Gasteiger partial charge in [-0.3, -0.25) is 4.79 Å². The number of aryl methyl sites for hydroxylation is 1. The summed E-state index contributed by atoms with van der Waals surface area (Å²) < 4.78 is 5.93. The Balaban J connectivity index is 0.00000220. The average Bonchev–Trinajstić information content (AvgIpc) is 2.97. The van der Waals surface area contributed by atoms with Crippen molar-refractivity contribution in [3.8, 4) is 5.75 Å². The lowest BCUT2D eigenvalue weighted by Crippen LogP contribution is -2.39. The summed E-state index contributed by atoms with van der Waals surface area (Å²) >= 11 is 0. The Morgan fingerprint density at radius 1 is 1.52 bits per heavy atom. The van der Waals surface area contributed by atoms with E-state index in [0.29, 0.717) is 6.54 Å². The topological polar surface area (TPSA) is 50.4 Å². The van der Waals surface area contributed by atoms with Gasteiger partial charge in [0.15, 0.2) is 0 Å². The number of hydrogen-bond donors (Lipinski definition) is 2. The van der Waals surface area contributed by atoms with E-state index in [-0.39, 0.29) is 30.3 Å². The van der Waals surface area contributed by atoms with E-state index in [4.69, 9.17) is 4.74 Å². The van der Waals surface area contributed by atoms with E-state index in [1.54, 1.807) is 0 Å². The summed E-state index contributed by atoms with van der Waals surface area (Å²) in [7, 11) is 0. The van der Waals surface area contributed by atoms with Crippen LogP contribution in [0, 0.1) is 12.8 Å². The quantitative estimate of drug-likeness (QED) is 0.847. The van der Waals surface area contributed by atoms with E-state index >= 15 is 0 Å². The van der Waals surface area contributed by atoms with Crippen LogP contribution in [0.3, 0.4) is 0 Å². The molecule has 4 nitrogen and oxygen atoms in total. The third-order valence-electron chi connectivity index (χ3n) is 3.68. The van der Waals surface area contributed by atoms with Crippen molar-refractivity contribution in [2.45, 2.75) is 32.8 Å². The molecular formula is C16H25ClN2O2. The Kier molecular flexibility index (Phi) is 7.54. The van der Waals surface area contributed by atoms with Gasteiger partial charge in [0.1, 0.15) is 11.9 Å². The van der Waals surface area contributed by atoms with E-state index < -0.39 is 0 Å². The highest BCUT2D eigenvalue weighted by molar-refractivity contribution is 5.85. The second kappa shape index (κ2) is 8.90. The SMILES string of the molecule is CCC(CNC(=O)C1CCNC1)Oc1cccc(C)c1.Cl. The van der Waals surface area contributed by atoms with Crippen LogP contribution >= 0.6 is 12.4 Å². The number of carbonyl (C=O) groups excluding carboxylic acids is 1. The molecule has 0 aliphatic carbocycles. The monoisotopic (exact) mass is 312 g/mol. The molecule has 1 aromatic carbocycles. The lowest BCUT2D eigenvalue weighted by molar-refractivity contribution is -0.124. The molecular weight excluding hydrogens is 288 g/mol. The summed E-state index contributed by atoms with van der Waals surface area (Å²) in [6.45, 7) is 6.42. The molecule has 1 saturated heterocycles. The van der Waals surface area contributed by atoms with Crippen molar-refractivity contribution in [3.05, 3.63) is 29.8 Å². The molecule has 5 heteroatoms. The Morgan fingerprint density at radius 3 is 2.95 bits per heavy atom. The number of benzene rings is 1. The van der Waals surface area contributed by atoms with Crippen molar-refractivity contribution in [2.75, 3.05) is 19.6 Å². The summed E-state index contributed by atoms with van der Waals surface area (Å²) in [5.74, 6) is 1.13. The first-order valence-electron chi connectivity index (χ1n) is 7.40. The van der Waals surface area contributed by atoms with Crippen LogP contribution in [0.1, 0.15) is 25.3 Å². The molecule has 21 heavy (non-hydrogen) atoms. The van der Waals surface area contributed by atoms with Crippen molar-refractivity contribution >= 4 is 18.3 Å². The zero-order chi connectivity index (χ0) is 14.4. The fourth-order valence-electron chi connectivity index (χ4n) is 2.39. The largest absolute Gasteiger partial charge is 0.489 e. The second-order valence-corrected chi connectivity index (χ2v) is 5.40. The zero-order valence-electron chi connectivity index (χ0n) is 12.7. The van der Waals surface area contributed by atoms with Gasteiger partial charge in [0.05, 0.1) is 12.5 Å². The average molecular weight is 313 g/mol. The molecule has 1 aliphatic rings. The second-order valence-electron chi connectivity index (χ2n) is 5.40. The van der Waals surface area contributed by atoms with Gasteiger partial charge in [-0.25, -0.2) is 0 Å². The molecule has 1 aromatic rings. The molecule has 0 saturated carbocycles. The van der Waals surface area contributed by atoms with Gasteiger partial charge in [-0.1, -0.05) is 19.1 Å². The molecule has 2 unspecified atom stereocenters. The smallest absolute Gasteiger partial charge is 0.224 e. The summed E-state index contributed by atoms with van der Waals surface area (Å²) in [5, 5.41) is 6.22. The highest BCUT2D eigenvalue weighted by atomic mass is 35.5. The maximum atomic E-state index is 12.0. The van der Waals surface area contributed by atoms with Crippen LogP contribution in [0.25, 0.3) is 0 Å². The molecule has 2 rings (SSSR count). The van der Waals surface area contributed by atoms with Gasteiger partial charge in [-0.05, 0) is 44.0 Å². The standard InChI is InChI=1S/C16H24N2O2.ClH/c1-3-14(20-15-6-4-5-12(2)9-15)11-18-16(19)13-7-8-17-10-13;/h4-6,9,13-14,17H,3,7-8,10-11H2,1-2H3,(H,18,19);1H. The van der Waals surface area contributed by atoms with Crippen molar-refractivity contribution in [1.82, 2.24) is 10.6 Å². The van der Waals surface area contributed by atoms with Crippen molar-refractivity contribution in [1.29, 1.82) is 0 Å². The van der Waals surface area contributed by atoms with Crippen molar-refractivity contribution in [2.24, 2.45) is 5.92 Å². The Bertz CT molecular complexity index is 448. The van der Waals surface area contributed by atoms with Gasteiger partial charge < -0.3 is 15.4 Å². The third-order valence-corrected chi connectivity index (χ3v) is 3.68. The summed E-state index contributed by atoms with van der Waals surface area (Å²) in [6, 6.07) is 8.01. The first kappa shape index (κ1) is 17.8. The number of halogens is 1. The van der Waals surface area contributed by atoms with Gasteiger partial charge in [0.2, 0.25) is 5.91 Å². The molecule has 1 heterocycles. The molecule has 1 aliphatic heterocycles. The van der Waals surface area contributed by atoms with Crippen molar-refractivity contribution in [3.63, 3.8) is 0 Å². The van der Waals surface area contributed by atoms with Gasteiger partial charge in [-0.15, -0.1) is 12.4 Å². The third kappa shape index (κ3) is 5.56. The highest BCUT2D eigenvalue weighted by Crippen LogP contribution is 2.15. The van der Waals surface area contributed by atoms with Gasteiger partial charge >= 0.3 is 0 Å². The molecule has 1 amide bonds. The number of rotatable bonds is 6. The minimum Gasteiger partial charge on any atom is -0.489 e. The van der Waals surface area contributed by atoms with E-state index in [9.17, 15) is 4.79 Å². The predicted molar refractivity (Wildman–Crippen MR) is 87.1 cm³/mol. The molecule has 0 radical (unpaired) electrons. The fourth-order valence-corrected chi connectivity index (χ4v) is 2.39. The minimum atomic E-state index is 0. The van der Waals surface area contributed by atoms with Crippen molar-refractivity contribution < 1.29 is 9.53 Å². The maximum Gasteiger partial charge on any atom is 0.224 e. The summed E-state index contributed by atoms with van der Waals surface area (Å²) in [5.41, 5.74) is 1.18. The molecule has 1 fully saturated rings. The normalized spacial score (nSPS) is 18.7. The number of amides is 1. The van der Waals surface area contributed by atoms with E-state index in [1.165, 1.54) is 5.56 Å². The van der Waals surface area contributed by atoms with Gasteiger partial charge in [-0.2, -0.15) is 0 Å². The Morgan fingerprint density at radius 2 is 2.33 bits per heavy atom. The van der Waals surface area contributed by atoms with Crippen LogP contribution in [-0.2, 0) is 4.79 Å². The molecule has 0 bridgehead atoms. The van der Waals surface area contributed by atoms with Crippen LogP contribution in [-0.4, -0.2) is 31.6 Å². The van der Waals surface area contributed by atoms with Crippen LogP contribution in [0.2, 0.25) is 0 Å². The first-order valence-corrected chi connectivity index (χ1v) is 7.40. The maximum absolute atomic E-state index is 12.0. The van der Waals surface area contributed by atoms with E-state index in [1.807, 2.05) is 31.2 Å². The summed E-state index contributed by atoms with van der Waals surface area (Å²) in [6.07, 6.45) is 1.83. The highest BCUT2D eigenvalue weighted by Gasteiger charge is 2.22. The van der Waals surface area contributed by atoms with Crippen LogP contribution < -0.4 is 15.4 Å². The first-order chi connectivity index (χ1) is 9.69. The number of nitrogens with one attached hydrogen (secondary N) is 2. The molecule has 118 valence electrons. The molecule has 0 aromatic heterocycles. The molecule has 2 N–H and O–H groups in total. The van der Waals surface area contributed by atoms with Crippen LogP contribution in [0.5, 0.6) is 5.75 Å². The lowest BCUT2D eigenvalue weighted by Gasteiger charge is -2.19. The minimum absolute atomic E-state index is 0. The summed E-state index contributed by atoms with van der Waals surface area (Å²) in [4.78, 5) is 12.0. The fraction of sp³-hybridized carbons (Fsp3) is 0.562. The Labute approximate surface area is 133 Å². The number of hydrogen-bond acceptors (Lipinski definition) is 3. The molecule has 2 atom stereocenters. The lowest BCUT2D eigenvalue weighted by atomic mass is 10.1. The zero-order valence-corrected chi connectivity index (χ0v) is 13.5. The predicted octanol–water partition coefficient (Wildman–Crippen LogP) is 2.30. The number of ether oxygens (including phenoxy) is 1. The van der Waals surface area contributed by atoms with Gasteiger partial charge in [0, 0.05) is 6.54 Å². The molecule has 0 spiro atoms. The van der Waals surface area contributed by atoms with Crippen LogP contribution in [0.15, 0.2) is 24.3 Å². The van der Waals surface area contributed by atoms with Gasteiger partial charge in [0.25, 0.3) is 0 Å². The van der Waals surface area contributed by atoms with E-state index in [0.717, 1.165) is 31.7 Å². The van der Waals surface area contributed by atoms with E-state index in [2.05, 4.69) is 17.6 Å². The number of carbonyl (C=O) groups is 1. The Hall–Kier alpha value is -1.26.